The maximum Gasteiger partial charge on any atom is 0.265 e. The van der Waals surface area contributed by atoms with Crippen LogP contribution in [-0.4, -0.2) is 30.9 Å². The zero-order valence-electron chi connectivity index (χ0n) is 14.6. The molecule has 0 unspecified atom stereocenters. The van der Waals surface area contributed by atoms with Gasteiger partial charge in [0.05, 0.1) is 17.9 Å². The van der Waals surface area contributed by atoms with Gasteiger partial charge in [-0.25, -0.2) is 9.29 Å². The minimum absolute atomic E-state index is 0.139. The number of halogens is 3. The number of amides is 3. The third-order valence-corrected chi connectivity index (χ3v) is 7.63. The molecule has 3 amide bonds. The van der Waals surface area contributed by atoms with E-state index in [4.69, 9.17) is 4.74 Å². The second-order valence-corrected chi connectivity index (χ2v) is 8.71. The number of hydrogen-bond acceptors (Lipinski definition) is 4. The van der Waals surface area contributed by atoms with Gasteiger partial charge in [-0.05, 0) is 58.4 Å². The normalized spacial score (nSPS) is 19.8. The molecular weight excluding hydrogens is 593 g/mol. The van der Waals surface area contributed by atoms with Crippen molar-refractivity contribution in [1.82, 2.24) is 0 Å². The first kappa shape index (κ1) is 19.8. The number of imide groups is 1. The number of ether oxygens (including phenoxy) is 1. The second-order valence-electron chi connectivity index (χ2n) is 6.71. The lowest BCUT2D eigenvalue weighted by molar-refractivity contribution is -0.121. The van der Waals surface area contributed by atoms with Crippen molar-refractivity contribution in [2.45, 2.75) is 25.7 Å². The molecule has 146 valence electrons. The summed E-state index contributed by atoms with van der Waals surface area (Å²) in [5.41, 5.74) is 1.19. The van der Waals surface area contributed by atoms with Gasteiger partial charge in [0.1, 0.15) is 5.75 Å². The molecule has 0 saturated heterocycles. The molecule has 2 aliphatic heterocycles. The molecular formula is C19H15FI2N2O4. The van der Waals surface area contributed by atoms with Gasteiger partial charge < -0.3 is 9.64 Å². The molecule has 1 aromatic rings. The van der Waals surface area contributed by atoms with E-state index < -0.39 is 17.6 Å². The van der Waals surface area contributed by atoms with Crippen molar-refractivity contribution in [1.29, 1.82) is 0 Å². The molecule has 9 heteroatoms. The number of carbonyl (C=O) groups excluding carboxylic acids is 3. The highest BCUT2D eigenvalue weighted by atomic mass is 127. The van der Waals surface area contributed by atoms with E-state index in [1.165, 1.54) is 11.0 Å². The summed E-state index contributed by atoms with van der Waals surface area (Å²) in [6, 6.07) is 2.51. The lowest BCUT2D eigenvalue weighted by atomic mass is 9.93. The SMILES string of the molecule is O=C1COc2cc(F)c(N3C(=O)C4=C(CCCC4)C3=O)cc2N1C/C(I)=C\I. The Bertz CT molecular complexity index is 945. The smallest absolute Gasteiger partial charge is 0.265 e. The number of carbonyl (C=O) groups is 3. The average Bonchev–Trinajstić information content (AvgIpc) is 2.94. The maximum atomic E-state index is 14.8. The van der Waals surface area contributed by atoms with Crippen molar-refractivity contribution in [3.63, 3.8) is 0 Å². The summed E-state index contributed by atoms with van der Waals surface area (Å²) in [6.07, 6.45) is 2.76. The Morgan fingerprint density at radius 1 is 1.11 bits per heavy atom. The van der Waals surface area contributed by atoms with Gasteiger partial charge in [-0.3, -0.25) is 14.4 Å². The fourth-order valence-corrected chi connectivity index (χ4v) is 4.24. The van der Waals surface area contributed by atoms with Crippen molar-refractivity contribution >= 4 is 74.3 Å². The van der Waals surface area contributed by atoms with Gasteiger partial charge in [-0.15, -0.1) is 0 Å². The van der Waals surface area contributed by atoms with Crippen molar-refractivity contribution < 1.29 is 23.5 Å². The van der Waals surface area contributed by atoms with Gasteiger partial charge in [0.25, 0.3) is 17.7 Å². The number of benzene rings is 1. The number of rotatable bonds is 3. The van der Waals surface area contributed by atoms with Crippen LogP contribution in [0.25, 0.3) is 0 Å². The molecule has 0 fully saturated rings. The fraction of sp³-hybridized carbons (Fsp3) is 0.316. The third kappa shape index (κ3) is 3.25. The van der Waals surface area contributed by atoms with Gasteiger partial charge in [0.2, 0.25) is 0 Å². The predicted octanol–water partition coefficient (Wildman–Crippen LogP) is 4.01. The maximum absolute atomic E-state index is 14.8. The molecule has 0 aromatic heterocycles. The Hall–Kier alpha value is -1.50. The molecule has 6 nitrogen and oxygen atoms in total. The Balaban J connectivity index is 1.77. The molecule has 0 bridgehead atoms. The summed E-state index contributed by atoms with van der Waals surface area (Å²) >= 11 is 4.20. The Morgan fingerprint density at radius 2 is 1.75 bits per heavy atom. The van der Waals surface area contributed by atoms with E-state index in [1.807, 2.05) is 4.08 Å². The number of nitrogens with zero attached hydrogens (tertiary/aromatic N) is 2. The van der Waals surface area contributed by atoms with Gasteiger partial charge in [-0.2, -0.15) is 0 Å². The molecule has 3 aliphatic rings. The minimum atomic E-state index is -0.728. The van der Waals surface area contributed by atoms with Gasteiger partial charge in [0, 0.05) is 20.8 Å². The molecule has 4 rings (SSSR count). The topological polar surface area (TPSA) is 66.9 Å². The highest BCUT2D eigenvalue weighted by molar-refractivity contribution is 14.1. The van der Waals surface area contributed by atoms with E-state index in [9.17, 15) is 18.8 Å². The van der Waals surface area contributed by atoms with Crippen molar-refractivity contribution in [2.24, 2.45) is 0 Å². The Morgan fingerprint density at radius 3 is 2.36 bits per heavy atom. The predicted molar refractivity (Wildman–Crippen MR) is 118 cm³/mol. The quantitative estimate of drug-likeness (QED) is 0.385. The molecule has 1 aromatic carbocycles. The van der Waals surface area contributed by atoms with Crippen LogP contribution >= 0.6 is 45.2 Å². The van der Waals surface area contributed by atoms with Crippen LogP contribution in [0.3, 0.4) is 0 Å². The molecule has 0 atom stereocenters. The largest absolute Gasteiger partial charge is 0.481 e. The van der Waals surface area contributed by atoms with Crippen LogP contribution < -0.4 is 14.5 Å². The summed E-state index contributed by atoms with van der Waals surface area (Å²) in [5, 5.41) is 0. The van der Waals surface area contributed by atoms with Crippen molar-refractivity contribution in [3.8, 4) is 5.75 Å². The number of fused-ring (bicyclic) bond motifs is 1. The number of hydrogen-bond donors (Lipinski definition) is 0. The molecule has 0 saturated carbocycles. The van der Waals surface area contributed by atoms with Crippen LogP contribution in [0.4, 0.5) is 15.8 Å². The lowest BCUT2D eigenvalue weighted by Crippen LogP contribution is -2.40. The summed E-state index contributed by atoms with van der Waals surface area (Å²) < 4.78 is 23.0. The number of anilines is 2. The standard InChI is InChI=1S/C19H15FI2N2O4/c20-13-5-16-15(23(8-10(22)7-21)17(25)9-28-16)6-14(13)24-18(26)11-3-1-2-4-12(11)19(24)27/h5-7H,1-4,8-9H2/b10-7+. The van der Waals surface area contributed by atoms with Crippen LogP contribution in [0, 0.1) is 5.82 Å². The molecule has 1 aliphatic carbocycles. The highest BCUT2D eigenvalue weighted by Gasteiger charge is 2.41. The molecule has 0 N–H and O–H groups in total. The average molecular weight is 608 g/mol. The van der Waals surface area contributed by atoms with E-state index in [0.717, 1.165) is 27.4 Å². The summed E-state index contributed by atoms with van der Waals surface area (Å²) in [4.78, 5) is 40.4. The Kier molecular flexibility index (Phi) is 5.47. The second kappa shape index (κ2) is 7.73. The lowest BCUT2D eigenvalue weighted by Gasteiger charge is -2.30. The van der Waals surface area contributed by atoms with E-state index >= 15 is 0 Å². The third-order valence-electron chi connectivity index (χ3n) is 5.03. The first-order valence-corrected chi connectivity index (χ1v) is 11.1. The van der Waals surface area contributed by atoms with Crippen molar-refractivity contribution in [2.75, 3.05) is 23.0 Å². The minimum Gasteiger partial charge on any atom is -0.481 e. The van der Waals surface area contributed by atoms with Gasteiger partial charge in [-0.1, -0.05) is 22.6 Å². The zero-order chi connectivity index (χ0) is 20.0. The van der Waals surface area contributed by atoms with Crippen LogP contribution in [0.1, 0.15) is 25.7 Å². The zero-order valence-corrected chi connectivity index (χ0v) is 19.0. The monoisotopic (exact) mass is 608 g/mol. The van der Waals surface area contributed by atoms with Crippen LogP contribution in [0.5, 0.6) is 5.75 Å². The van der Waals surface area contributed by atoms with Crippen LogP contribution in [-0.2, 0) is 14.4 Å². The van der Waals surface area contributed by atoms with Crippen LogP contribution in [0.15, 0.2) is 30.9 Å². The van der Waals surface area contributed by atoms with E-state index in [1.54, 1.807) is 0 Å². The van der Waals surface area contributed by atoms with Gasteiger partial charge >= 0.3 is 0 Å². The fourth-order valence-electron chi connectivity index (χ4n) is 3.70. The summed E-state index contributed by atoms with van der Waals surface area (Å²) in [5.74, 6) is -1.71. The summed E-state index contributed by atoms with van der Waals surface area (Å²) in [6.45, 7) is 0.120. The van der Waals surface area contributed by atoms with E-state index in [0.29, 0.717) is 36.2 Å². The molecule has 0 spiro atoms. The molecule has 0 radical (unpaired) electrons. The first-order chi connectivity index (χ1) is 13.4. The molecule has 2 heterocycles. The van der Waals surface area contributed by atoms with Gasteiger partial charge in [0.15, 0.2) is 12.4 Å². The Labute approximate surface area is 188 Å². The highest BCUT2D eigenvalue weighted by Crippen LogP contribution is 2.42. The van der Waals surface area contributed by atoms with E-state index in [-0.39, 0.29) is 24.0 Å². The van der Waals surface area contributed by atoms with Crippen LogP contribution in [0.2, 0.25) is 0 Å². The molecule has 28 heavy (non-hydrogen) atoms. The summed E-state index contributed by atoms with van der Waals surface area (Å²) in [7, 11) is 0. The first-order valence-electron chi connectivity index (χ1n) is 8.74. The van der Waals surface area contributed by atoms with Crippen molar-refractivity contribution in [3.05, 3.63) is 36.8 Å². The van der Waals surface area contributed by atoms with E-state index in [2.05, 4.69) is 45.2 Å².